The Hall–Kier alpha value is -0.850. The van der Waals surface area contributed by atoms with E-state index in [2.05, 4.69) is 49.0 Å². The first kappa shape index (κ1) is 26.2. The maximum Gasteiger partial charge on any atom is 0.169 e. The van der Waals surface area contributed by atoms with Crippen LogP contribution in [0.2, 0.25) is 0 Å². The van der Waals surface area contributed by atoms with Crippen LogP contribution in [-0.4, -0.2) is 0 Å². The van der Waals surface area contributed by atoms with Crippen LogP contribution in [0.1, 0.15) is 148 Å². The van der Waals surface area contributed by atoms with Gasteiger partial charge in [-0.05, 0) is 12.8 Å². The molecule has 0 amide bonds. The summed E-state index contributed by atoms with van der Waals surface area (Å²) in [6.45, 7) is 4.61. The molecule has 1 nitrogen and oxygen atoms in total. The van der Waals surface area contributed by atoms with Crippen molar-refractivity contribution >= 4 is 0 Å². The van der Waals surface area contributed by atoms with Crippen molar-refractivity contribution in [1.29, 1.82) is 0 Å². The minimum Gasteiger partial charge on any atom is -0.202 e. The number of pyridine rings is 1. The Bertz CT molecular complexity index is 427. The van der Waals surface area contributed by atoms with Gasteiger partial charge in [0.05, 0.1) is 0 Å². The van der Waals surface area contributed by atoms with Gasteiger partial charge in [-0.2, -0.15) is 0 Å². The average Bonchev–Trinajstić information content (AvgIpc) is 2.76. The fraction of sp³-hybridized carbons (Fsp3) is 0.821. The molecule has 1 heterocycles. The van der Waals surface area contributed by atoms with Gasteiger partial charge < -0.3 is 0 Å². The molecule has 0 fully saturated rings. The van der Waals surface area contributed by atoms with Crippen LogP contribution in [0, 0.1) is 0 Å². The van der Waals surface area contributed by atoms with Crippen molar-refractivity contribution < 1.29 is 4.57 Å². The standard InChI is InChI=1S/C28H52N/c1-3-5-7-8-9-10-11-12-13-14-15-16-17-18-19-21-25-28(24-6-4-2)29-26-22-20-23-27-29/h20,22-23,26-28H,3-19,21,24-25H2,1-2H3/q+1. The third kappa shape index (κ3) is 15.6. The van der Waals surface area contributed by atoms with Gasteiger partial charge in [0.15, 0.2) is 18.4 Å². The number of aromatic nitrogens is 1. The van der Waals surface area contributed by atoms with Crippen molar-refractivity contribution in [3.8, 4) is 0 Å². The fourth-order valence-electron chi connectivity index (χ4n) is 4.47. The first-order chi connectivity index (χ1) is 14.4. The zero-order chi connectivity index (χ0) is 20.8. The zero-order valence-electron chi connectivity index (χ0n) is 20.1. The molecule has 0 aliphatic carbocycles. The van der Waals surface area contributed by atoms with E-state index < -0.39 is 0 Å². The third-order valence-corrected chi connectivity index (χ3v) is 6.44. The van der Waals surface area contributed by atoms with E-state index in [0.717, 1.165) is 0 Å². The minimum atomic E-state index is 0.711. The zero-order valence-corrected chi connectivity index (χ0v) is 20.1. The molecule has 0 aromatic carbocycles. The predicted octanol–water partition coefficient (Wildman–Crippen LogP) is 9.36. The summed E-state index contributed by atoms with van der Waals surface area (Å²) in [5.74, 6) is 0. The molecule has 0 aliphatic heterocycles. The molecule has 0 N–H and O–H groups in total. The first-order valence-corrected chi connectivity index (χ1v) is 13.3. The van der Waals surface area contributed by atoms with Crippen molar-refractivity contribution in [2.24, 2.45) is 0 Å². The second-order valence-corrected chi connectivity index (χ2v) is 9.21. The number of rotatable bonds is 21. The maximum absolute atomic E-state index is 2.45. The lowest BCUT2D eigenvalue weighted by Gasteiger charge is -2.12. The summed E-state index contributed by atoms with van der Waals surface area (Å²) in [6.07, 6.45) is 33.1. The number of hydrogen-bond donors (Lipinski definition) is 0. The molecule has 0 saturated heterocycles. The summed E-state index contributed by atoms with van der Waals surface area (Å²) >= 11 is 0. The van der Waals surface area contributed by atoms with E-state index in [1.54, 1.807) is 0 Å². The van der Waals surface area contributed by atoms with Gasteiger partial charge >= 0.3 is 0 Å². The highest BCUT2D eigenvalue weighted by Gasteiger charge is 2.16. The molecule has 0 aliphatic rings. The van der Waals surface area contributed by atoms with Gasteiger partial charge in [-0.15, -0.1) is 0 Å². The number of hydrogen-bond acceptors (Lipinski definition) is 0. The normalized spacial score (nSPS) is 12.3. The van der Waals surface area contributed by atoms with Crippen LogP contribution in [0.4, 0.5) is 0 Å². The lowest BCUT2D eigenvalue weighted by molar-refractivity contribution is -0.724. The van der Waals surface area contributed by atoms with Crippen molar-refractivity contribution in [2.75, 3.05) is 0 Å². The maximum atomic E-state index is 2.45. The van der Waals surface area contributed by atoms with Crippen LogP contribution in [-0.2, 0) is 0 Å². The number of nitrogens with zero attached hydrogens (tertiary/aromatic N) is 1. The molecular formula is C28H52N+. The second-order valence-electron chi connectivity index (χ2n) is 9.21. The molecule has 0 saturated carbocycles. The van der Waals surface area contributed by atoms with Gasteiger partial charge in [0.2, 0.25) is 0 Å². The summed E-state index contributed by atoms with van der Waals surface area (Å²) < 4.78 is 2.45. The highest BCUT2D eigenvalue weighted by molar-refractivity contribution is 4.84. The summed E-state index contributed by atoms with van der Waals surface area (Å²) in [5, 5.41) is 0. The molecule has 1 unspecified atom stereocenters. The van der Waals surface area contributed by atoms with Gasteiger partial charge in [0.25, 0.3) is 0 Å². The lowest BCUT2D eigenvalue weighted by atomic mass is 10.0. The molecule has 168 valence electrons. The monoisotopic (exact) mass is 402 g/mol. The van der Waals surface area contributed by atoms with Gasteiger partial charge in [-0.1, -0.05) is 123 Å². The number of unbranched alkanes of at least 4 members (excludes halogenated alkanes) is 16. The molecule has 0 bridgehead atoms. The van der Waals surface area contributed by atoms with Crippen LogP contribution in [0.15, 0.2) is 30.6 Å². The Morgan fingerprint density at radius 3 is 1.28 bits per heavy atom. The largest absolute Gasteiger partial charge is 0.202 e. The molecule has 1 aromatic heterocycles. The fourth-order valence-corrected chi connectivity index (χ4v) is 4.47. The quantitative estimate of drug-likeness (QED) is 0.142. The van der Waals surface area contributed by atoms with Gasteiger partial charge in [0, 0.05) is 25.0 Å². The molecule has 1 rings (SSSR count). The first-order valence-electron chi connectivity index (χ1n) is 13.3. The summed E-state index contributed by atoms with van der Waals surface area (Å²) in [7, 11) is 0. The van der Waals surface area contributed by atoms with E-state index in [1.165, 1.54) is 128 Å². The van der Waals surface area contributed by atoms with E-state index in [-0.39, 0.29) is 0 Å². The smallest absolute Gasteiger partial charge is 0.169 e. The van der Waals surface area contributed by atoms with E-state index in [9.17, 15) is 0 Å². The Labute approximate surface area is 183 Å². The second kappa shape index (κ2) is 20.4. The molecule has 29 heavy (non-hydrogen) atoms. The molecule has 0 spiro atoms. The molecule has 1 heteroatoms. The summed E-state index contributed by atoms with van der Waals surface area (Å²) in [6, 6.07) is 7.18. The van der Waals surface area contributed by atoms with E-state index in [4.69, 9.17) is 0 Å². The summed E-state index contributed by atoms with van der Waals surface area (Å²) in [4.78, 5) is 0. The van der Waals surface area contributed by atoms with Crippen LogP contribution >= 0.6 is 0 Å². The van der Waals surface area contributed by atoms with Crippen molar-refractivity contribution in [1.82, 2.24) is 0 Å². The minimum absolute atomic E-state index is 0.711. The average molecular weight is 403 g/mol. The Kier molecular flexibility index (Phi) is 18.4. The topological polar surface area (TPSA) is 3.88 Å². The van der Waals surface area contributed by atoms with Crippen LogP contribution in [0.5, 0.6) is 0 Å². The third-order valence-electron chi connectivity index (χ3n) is 6.44. The van der Waals surface area contributed by atoms with Crippen molar-refractivity contribution in [2.45, 2.75) is 148 Å². The lowest BCUT2D eigenvalue weighted by Crippen LogP contribution is -2.38. The van der Waals surface area contributed by atoms with Gasteiger partial charge in [-0.3, -0.25) is 0 Å². The molecule has 0 radical (unpaired) electrons. The van der Waals surface area contributed by atoms with Gasteiger partial charge in [-0.25, -0.2) is 4.57 Å². The van der Waals surface area contributed by atoms with Crippen LogP contribution < -0.4 is 4.57 Å². The van der Waals surface area contributed by atoms with E-state index in [1.807, 2.05) is 0 Å². The Balaban J connectivity index is 1.89. The van der Waals surface area contributed by atoms with Gasteiger partial charge in [0.1, 0.15) is 0 Å². The highest BCUT2D eigenvalue weighted by Crippen LogP contribution is 2.18. The Morgan fingerprint density at radius 2 is 0.828 bits per heavy atom. The Morgan fingerprint density at radius 1 is 0.448 bits per heavy atom. The van der Waals surface area contributed by atoms with Crippen molar-refractivity contribution in [3.63, 3.8) is 0 Å². The van der Waals surface area contributed by atoms with Crippen LogP contribution in [0.25, 0.3) is 0 Å². The van der Waals surface area contributed by atoms with Crippen molar-refractivity contribution in [3.05, 3.63) is 30.6 Å². The molecular weight excluding hydrogens is 350 g/mol. The molecule has 1 atom stereocenters. The predicted molar refractivity (Wildman–Crippen MR) is 129 cm³/mol. The van der Waals surface area contributed by atoms with Crippen LogP contribution in [0.3, 0.4) is 0 Å². The highest BCUT2D eigenvalue weighted by atomic mass is 15.0. The van der Waals surface area contributed by atoms with E-state index >= 15 is 0 Å². The molecule has 1 aromatic rings. The van der Waals surface area contributed by atoms with E-state index in [0.29, 0.717) is 6.04 Å². The SMILES string of the molecule is CCCCCCCCCCCCCCCCCCC(CCCC)[n+]1ccccc1. The summed E-state index contributed by atoms with van der Waals surface area (Å²) in [5.41, 5.74) is 0.